The summed E-state index contributed by atoms with van der Waals surface area (Å²) in [5, 5.41) is 0. The Balaban J connectivity index is 1.40. The Morgan fingerprint density at radius 1 is 1.00 bits per heavy atom. The zero-order valence-corrected chi connectivity index (χ0v) is 13.7. The van der Waals surface area contributed by atoms with Gasteiger partial charge in [-0.3, -0.25) is 9.78 Å². The second-order valence-electron chi connectivity index (χ2n) is 8.43. The highest BCUT2D eigenvalue weighted by Gasteiger charge is 2.52. The Morgan fingerprint density at radius 3 is 2.30 bits per heavy atom. The summed E-state index contributed by atoms with van der Waals surface area (Å²) in [5.41, 5.74) is 1.27. The van der Waals surface area contributed by atoms with Gasteiger partial charge in [0.2, 0.25) is 5.91 Å². The normalized spacial score (nSPS) is 41.5. The molecule has 5 aliphatic rings. The molecule has 122 valence electrons. The monoisotopic (exact) mass is 310 g/mol. The molecule has 23 heavy (non-hydrogen) atoms. The molecule has 4 bridgehead atoms. The van der Waals surface area contributed by atoms with Crippen LogP contribution < -0.4 is 0 Å². The van der Waals surface area contributed by atoms with Crippen LogP contribution >= 0.6 is 0 Å². The molecule has 6 rings (SSSR count). The van der Waals surface area contributed by atoms with Gasteiger partial charge >= 0.3 is 0 Å². The molecule has 2 heterocycles. The van der Waals surface area contributed by atoms with Gasteiger partial charge in [0.25, 0.3) is 0 Å². The summed E-state index contributed by atoms with van der Waals surface area (Å²) in [4.78, 5) is 19.8. The lowest BCUT2D eigenvalue weighted by Crippen LogP contribution is -2.51. The molecule has 4 saturated carbocycles. The van der Waals surface area contributed by atoms with Crippen LogP contribution in [0.5, 0.6) is 0 Å². The third-order valence-electron chi connectivity index (χ3n) is 7.14. The number of pyridine rings is 1. The number of carbonyl (C=O) groups is 1. The summed E-state index contributed by atoms with van der Waals surface area (Å²) in [6, 6.07) is 4.48. The van der Waals surface area contributed by atoms with Crippen molar-refractivity contribution < 1.29 is 4.79 Å². The zero-order chi connectivity index (χ0) is 15.4. The van der Waals surface area contributed by atoms with E-state index in [1.807, 2.05) is 12.4 Å². The van der Waals surface area contributed by atoms with Crippen molar-refractivity contribution >= 4 is 5.91 Å². The lowest BCUT2D eigenvalue weighted by molar-refractivity contribution is -0.150. The van der Waals surface area contributed by atoms with Crippen LogP contribution in [-0.2, 0) is 4.79 Å². The number of nitrogens with zero attached hydrogens (tertiary/aromatic N) is 2. The average molecular weight is 310 g/mol. The molecular formula is C20H26N2O. The summed E-state index contributed by atoms with van der Waals surface area (Å²) in [7, 11) is 0. The van der Waals surface area contributed by atoms with Crippen LogP contribution in [-0.4, -0.2) is 22.3 Å². The molecule has 0 radical (unpaired) electrons. The number of likely N-dealkylation sites (tertiary alicyclic amines) is 1. The van der Waals surface area contributed by atoms with E-state index in [0.717, 1.165) is 31.2 Å². The number of amides is 1. The first kappa shape index (κ1) is 14.0. The van der Waals surface area contributed by atoms with Gasteiger partial charge in [-0.2, -0.15) is 0 Å². The topological polar surface area (TPSA) is 33.2 Å². The summed E-state index contributed by atoms with van der Waals surface area (Å²) in [6.45, 7) is 0.953. The van der Waals surface area contributed by atoms with Gasteiger partial charge in [-0.15, -0.1) is 0 Å². The van der Waals surface area contributed by atoms with Crippen LogP contribution in [0.3, 0.4) is 0 Å². The van der Waals surface area contributed by atoms with Gasteiger partial charge in [-0.05, 0) is 86.3 Å². The number of hydrogen-bond acceptors (Lipinski definition) is 2. The second kappa shape index (κ2) is 5.32. The predicted molar refractivity (Wildman–Crippen MR) is 88.5 cm³/mol. The molecule has 5 fully saturated rings. The molecular weight excluding hydrogens is 284 g/mol. The lowest BCUT2D eigenvalue weighted by atomic mass is 9.51. The molecule has 1 aliphatic heterocycles. The van der Waals surface area contributed by atoms with Crippen LogP contribution in [0.1, 0.15) is 56.6 Å². The van der Waals surface area contributed by atoms with E-state index in [4.69, 9.17) is 0 Å². The van der Waals surface area contributed by atoms with Crippen LogP contribution in [0, 0.1) is 29.6 Å². The average Bonchev–Trinajstić information content (AvgIpc) is 3.04. The van der Waals surface area contributed by atoms with Crippen LogP contribution in [0.15, 0.2) is 24.5 Å². The first-order chi connectivity index (χ1) is 11.3. The van der Waals surface area contributed by atoms with Gasteiger partial charge in [0.1, 0.15) is 0 Å². The van der Waals surface area contributed by atoms with Gasteiger partial charge in [0, 0.05) is 24.9 Å². The van der Waals surface area contributed by atoms with E-state index in [-0.39, 0.29) is 0 Å². The Bertz CT molecular complexity index is 571. The molecule has 1 atom stereocenters. The van der Waals surface area contributed by atoms with Gasteiger partial charge < -0.3 is 4.90 Å². The Kier molecular flexibility index (Phi) is 3.24. The van der Waals surface area contributed by atoms with Gasteiger partial charge in [-0.25, -0.2) is 0 Å². The van der Waals surface area contributed by atoms with E-state index in [1.165, 1.54) is 37.7 Å². The minimum atomic E-state index is 0.294. The third-order valence-corrected chi connectivity index (χ3v) is 7.14. The molecule has 0 aromatic carbocycles. The van der Waals surface area contributed by atoms with Crippen molar-refractivity contribution in [3.05, 3.63) is 30.1 Å². The highest BCUT2D eigenvalue weighted by Crippen LogP contribution is 2.57. The fourth-order valence-electron chi connectivity index (χ4n) is 6.48. The molecule has 0 spiro atoms. The summed E-state index contributed by atoms with van der Waals surface area (Å²) < 4.78 is 0. The summed E-state index contributed by atoms with van der Waals surface area (Å²) >= 11 is 0. The molecule has 0 N–H and O–H groups in total. The molecule has 3 heteroatoms. The van der Waals surface area contributed by atoms with E-state index < -0.39 is 0 Å². The maximum Gasteiger partial charge on any atom is 0.226 e. The SMILES string of the molecule is O=C(C1C2CC3CC(C2)CC1C3)N1CCC[C@@H]1c1ccncc1. The lowest BCUT2D eigenvalue weighted by Gasteiger charge is -2.54. The maximum absolute atomic E-state index is 13.4. The highest BCUT2D eigenvalue weighted by molar-refractivity contribution is 5.80. The van der Waals surface area contributed by atoms with Crippen molar-refractivity contribution in [2.24, 2.45) is 29.6 Å². The first-order valence-corrected chi connectivity index (χ1v) is 9.50. The Morgan fingerprint density at radius 2 is 1.65 bits per heavy atom. The quantitative estimate of drug-likeness (QED) is 0.832. The van der Waals surface area contributed by atoms with Crippen molar-refractivity contribution in [3.63, 3.8) is 0 Å². The minimum Gasteiger partial charge on any atom is -0.335 e. The molecule has 0 unspecified atom stereocenters. The smallest absolute Gasteiger partial charge is 0.226 e. The standard InChI is InChI=1S/C20H26N2O/c23-20(19-16-9-13-8-14(11-16)12-17(19)10-13)22-7-1-2-18(22)15-3-5-21-6-4-15/h3-6,13-14,16-19H,1-2,7-12H2/t13?,14?,16?,17?,18-,19?/m1/s1. The van der Waals surface area contributed by atoms with Crippen LogP contribution in [0.25, 0.3) is 0 Å². The maximum atomic E-state index is 13.4. The van der Waals surface area contributed by atoms with Crippen molar-refractivity contribution in [2.45, 2.75) is 51.0 Å². The second-order valence-corrected chi connectivity index (χ2v) is 8.43. The number of carbonyl (C=O) groups excluding carboxylic acids is 1. The fourth-order valence-corrected chi connectivity index (χ4v) is 6.48. The predicted octanol–water partition coefficient (Wildman–Crippen LogP) is 3.82. The first-order valence-electron chi connectivity index (χ1n) is 9.50. The zero-order valence-electron chi connectivity index (χ0n) is 13.7. The van der Waals surface area contributed by atoms with Gasteiger partial charge in [0.15, 0.2) is 0 Å². The van der Waals surface area contributed by atoms with Crippen molar-refractivity contribution in [1.82, 2.24) is 9.88 Å². The van der Waals surface area contributed by atoms with Gasteiger partial charge in [0.05, 0.1) is 6.04 Å². The molecule has 1 aromatic heterocycles. The Hall–Kier alpha value is -1.38. The van der Waals surface area contributed by atoms with Crippen molar-refractivity contribution in [1.29, 1.82) is 0 Å². The molecule has 3 nitrogen and oxygen atoms in total. The van der Waals surface area contributed by atoms with E-state index in [1.54, 1.807) is 0 Å². The fraction of sp³-hybridized carbons (Fsp3) is 0.700. The van der Waals surface area contributed by atoms with Crippen LogP contribution in [0.4, 0.5) is 0 Å². The van der Waals surface area contributed by atoms with E-state index in [2.05, 4.69) is 22.0 Å². The highest BCUT2D eigenvalue weighted by atomic mass is 16.2. The minimum absolute atomic E-state index is 0.294. The number of aromatic nitrogens is 1. The van der Waals surface area contributed by atoms with E-state index in [9.17, 15) is 4.79 Å². The largest absolute Gasteiger partial charge is 0.335 e. The van der Waals surface area contributed by atoms with E-state index >= 15 is 0 Å². The Labute approximate surface area is 138 Å². The summed E-state index contributed by atoms with van der Waals surface area (Å²) in [6.07, 6.45) is 12.8. The van der Waals surface area contributed by atoms with Crippen molar-refractivity contribution in [3.8, 4) is 0 Å². The third kappa shape index (κ3) is 2.23. The summed E-state index contributed by atoms with van der Waals surface area (Å²) in [5.74, 6) is 4.09. The molecule has 4 aliphatic carbocycles. The van der Waals surface area contributed by atoms with Gasteiger partial charge in [-0.1, -0.05) is 0 Å². The molecule has 1 amide bonds. The van der Waals surface area contributed by atoms with Crippen LogP contribution in [0.2, 0.25) is 0 Å². The number of hydrogen-bond donors (Lipinski definition) is 0. The molecule has 1 aromatic rings. The molecule has 1 saturated heterocycles. The van der Waals surface area contributed by atoms with E-state index in [0.29, 0.717) is 29.7 Å². The van der Waals surface area contributed by atoms with Crippen molar-refractivity contribution in [2.75, 3.05) is 6.54 Å². The number of rotatable bonds is 2.